The zero-order valence-electron chi connectivity index (χ0n) is 15.4. The highest BCUT2D eigenvalue weighted by molar-refractivity contribution is 7.22. The first kappa shape index (κ1) is 19.9. The van der Waals surface area contributed by atoms with E-state index in [0.717, 1.165) is 17.4 Å². The van der Waals surface area contributed by atoms with Gasteiger partial charge >= 0.3 is 12.2 Å². The molecule has 1 aromatic carbocycles. The maximum atomic E-state index is 14.1. The van der Waals surface area contributed by atoms with E-state index in [0.29, 0.717) is 0 Å². The van der Waals surface area contributed by atoms with Crippen molar-refractivity contribution < 1.29 is 28.2 Å². The number of nitrogens with one attached hydrogen (secondary N) is 1. The van der Waals surface area contributed by atoms with Gasteiger partial charge in [-0.15, -0.1) is 0 Å². The fourth-order valence-corrected chi connectivity index (χ4v) is 2.71. The standard InChI is InChI=1S/C17H21FN2O5S/c1-16(2,3)24-14(21)20-13-19-11-10(8-7-9(18)12(11)26-13)23-15(22)25-17(4,5)6/h7-8H,1-6H3,(H,19,20,21). The van der Waals surface area contributed by atoms with E-state index in [1.807, 2.05) is 0 Å². The summed E-state index contributed by atoms with van der Waals surface area (Å²) in [7, 11) is 0. The molecule has 1 N–H and O–H groups in total. The minimum Gasteiger partial charge on any atom is -0.444 e. The summed E-state index contributed by atoms with van der Waals surface area (Å²) in [4.78, 5) is 27.8. The third kappa shape index (κ3) is 5.55. The largest absolute Gasteiger partial charge is 0.514 e. The van der Waals surface area contributed by atoms with Crippen molar-refractivity contribution >= 4 is 38.9 Å². The number of hydrogen-bond acceptors (Lipinski definition) is 7. The molecule has 1 amide bonds. The van der Waals surface area contributed by atoms with E-state index in [1.54, 1.807) is 41.5 Å². The predicted octanol–water partition coefficient (Wildman–Crippen LogP) is 5.10. The molecule has 0 bridgehead atoms. The molecule has 0 aliphatic rings. The van der Waals surface area contributed by atoms with Crippen molar-refractivity contribution in [1.82, 2.24) is 4.98 Å². The lowest BCUT2D eigenvalue weighted by molar-refractivity contribution is 0.0208. The van der Waals surface area contributed by atoms with E-state index in [-0.39, 0.29) is 21.1 Å². The van der Waals surface area contributed by atoms with Gasteiger partial charge in [0.25, 0.3) is 0 Å². The molecular weight excluding hydrogens is 363 g/mol. The molecule has 1 heterocycles. The van der Waals surface area contributed by atoms with Gasteiger partial charge in [-0.2, -0.15) is 0 Å². The average Bonchev–Trinajstić information content (AvgIpc) is 2.82. The van der Waals surface area contributed by atoms with Gasteiger partial charge in [-0.3, -0.25) is 5.32 Å². The minimum absolute atomic E-state index is 0.0316. The number of carbonyl (C=O) groups is 2. The Kier molecular flexibility index (Phi) is 5.41. The zero-order valence-corrected chi connectivity index (χ0v) is 16.2. The summed E-state index contributed by atoms with van der Waals surface area (Å²) >= 11 is 0.902. The van der Waals surface area contributed by atoms with E-state index >= 15 is 0 Å². The zero-order chi connectivity index (χ0) is 19.7. The van der Waals surface area contributed by atoms with Crippen LogP contribution >= 0.6 is 11.3 Å². The van der Waals surface area contributed by atoms with Gasteiger partial charge in [0.2, 0.25) is 0 Å². The maximum Gasteiger partial charge on any atom is 0.514 e. The van der Waals surface area contributed by atoms with Crippen LogP contribution in [0.15, 0.2) is 12.1 Å². The smallest absolute Gasteiger partial charge is 0.444 e. The molecule has 9 heteroatoms. The molecule has 2 aromatic rings. The lowest BCUT2D eigenvalue weighted by atomic mass is 10.2. The van der Waals surface area contributed by atoms with Gasteiger partial charge in [-0.25, -0.2) is 19.0 Å². The molecule has 0 aliphatic carbocycles. The van der Waals surface area contributed by atoms with Crippen molar-refractivity contribution in [2.24, 2.45) is 0 Å². The highest BCUT2D eigenvalue weighted by Crippen LogP contribution is 2.35. The Labute approximate surface area is 154 Å². The van der Waals surface area contributed by atoms with Crippen LogP contribution in [0.4, 0.5) is 19.1 Å². The van der Waals surface area contributed by atoms with E-state index in [9.17, 15) is 14.0 Å². The number of benzene rings is 1. The molecule has 0 radical (unpaired) electrons. The highest BCUT2D eigenvalue weighted by atomic mass is 32.1. The number of carbonyl (C=O) groups excluding carboxylic acids is 2. The highest BCUT2D eigenvalue weighted by Gasteiger charge is 2.22. The number of hydrogen-bond donors (Lipinski definition) is 1. The molecule has 0 spiro atoms. The van der Waals surface area contributed by atoms with E-state index in [4.69, 9.17) is 14.2 Å². The number of anilines is 1. The molecule has 0 saturated heterocycles. The van der Waals surface area contributed by atoms with Crippen LogP contribution in [0.25, 0.3) is 10.2 Å². The van der Waals surface area contributed by atoms with Gasteiger partial charge in [0.15, 0.2) is 10.9 Å². The van der Waals surface area contributed by atoms with Crippen LogP contribution in [0.2, 0.25) is 0 Å². The van der Waals surface area contributed by atoms with Crippen molar-refractivity contribution in [3.63, 3.8) is 0 Å². The molecule has 7 nitrogen and oxygen atoms in total. The number of thiazole rings is 1. The maximum absolute atomic E-state index is 14.1. The number of rotatable bonds is 2. The molecule has 2 rings (SSSR count). The summed E-state index contributed by atoms with van der Waals surface area (Å²) in [6, 6.07) is 2.43. The van der Waals surface area contributed by atoms with Crippen molar-refractivity contribution in [3.8, 4) is 5.75 Å². The Morgan fingerprint density at radius 1 is 1.08 bits per heavy atom. The van der Waals surface area contributed by atoms with Gasteiger partial charge in [0, 0.05) is 0 Å². The van der Waals surface area contributed by atoms with E-state index in [1.165, 1.54) is 6.07 Å². The first-order chi connectivity index (χ1) is 11.8. The summed E-state index contributed by atoms with van der Waals surface area (Å²) in [6.07, 6.45) is -1.65. The first-order valence-electron chi connectivity index (χ1n) is 7.84. The normalized spacial score (nSPS) is 12.0. The Morgan fingerprint density at radius 2 is 1.69 bits per heavy atom. The van der Waals surface area contributed by atoms with Gasteiger partial charge in [0.05, 0.1) is 4.70 Å². The third-order valence-corrected chi connectivity index (χ3v) is 3.63. The quantitative estimate of drug-likeness (QED) is 0.573. The second-order valence-corrected chi connectivity index (χ2v) is 8.43. The molecule has 0 aliphatic heterocycles. The summed E-state index contributed by atoms with van der Waals surface area (Å²) in [6.45, 7) is 10.2. The topological polar surface area (TPSA) is 86.8 Å². The number of amides is 1. The van der Waals surface area contributed by atoms with E-state index in [2.05, 4.69) is 10.3 Å². The Bertz CT molecular complexity index is 836. The fourth-order valence-electron chi connectivity index (χ4n) is 1.84. The summed E-state index contributed by atoms with van der Waals surface area (Å²) in [5.41, 5.74) is -1.31. The number of ether oxygens (including phenoxy) is 3. The Hall–Kier alpha value is -2.42. The van der Waals surface area contributed by atoms with Crippen LogP contribution in [0, 0.1) is 5.82 Å². The average molecular weight is 384 g/mol. The van der Waals surface area contributed by atoms with Gasteiger partial charge in [0.1, 0.15) is 22.5 Å². The fraction of sp³-hybridized carbons (Fsp3) is 0.471. The molecule has 0 atom stereocenters. The number of aromatic nitrogens is 1. The van der Waals surface area contributed by atoms with Gasteiger partial charge in [-0.1, -0.05) is 11.3 Å². The Morgan fingerprint density at radius 3 is 2.27 bits per heavy atom. The molecule has 1 aromatic heterocycles. The Balaban J connectivity index is 2.26. The summed E-state index contributed by atoms with van der Waals surface area (Å²) in [5.74, 6) is -0.518. The number of nitrogens with zero attached hydrogens (tertiary/aromatic N) is 1. The van der Waals surface area contributed by atoms with Crippen molar-refractivity contribution in [3.05, 3.63) is 17.9 Å². The van der Waals surface area contributed by atoms with Crippen molar-refractivity contribution in [2.45, 2.75) is 52.7 Å². The summed E-state index contributed by atoms with van der Waals surface area (Å²) in [5, 5.41) is 2.56. The molecule has 0 fully saturated rings. The van der Waals surface area contributed by atoms with Gasteiger partial charge in [-0.05, 0) is 53.7 Å². The first-order valence-corrected chi connectivity index (χ1v) is 8.65. The van der Waals surface area contributed by atoms with Crippen molar-refractivity contribution in [2.75, 3.05) is 5.32 Å². The van der Waals surface area contributed by atoms with Crippen LogP contribution in [0.3, 0.4) is 0 Å². The third-order valence-electron chi connectivity index (χ3n) is 2.65. The van der Waals surface area contributed by atoms with Crippen LogP contribution in [0.5, 0.6) is 5.75 Å². The lowest BCUT2D eigenvalue weighted by Gasteiger charge is -2.19. The van der Waals surface area contributed by atoms with E-state index < -0.39 is 29.3 Å². The monoisotopic (exact) mass is 384 g/mol. The second-order valence-electron chi connectivity index (χ2n) is 7.44. The molecule has 26 heavy (non-hydrogen) atoms. The van der Waals surface area contributed by atoms with Crippen LogP contribution in [-0.2, 0) is 9.47 Å². The number of fused-ring (bicyclic) bond motifs is 1. The lowest BCUT2D eigenvalue weighted by Crippen LogP contribution is -2.27. The van der Waals surface area contributed by atoms with Crippen LogP contribution < -0.4 is 10.1 Å². The number of halogens is 1. The molecule has 0 unspecified atom stereocenters. The summed E-state index contributed by atoms with van der Waals surface area (Å²) < 4.78 is 29.5. The molecule has 142 valence electrons. The second kappa shape index (κ2) is 7.06. The molecule has 0 saturated carbocycles. The van der Waals surface area contributed by atoms with Crippen molar-refractivity contribution in [1.29, 1.82) is 0 Å². The SMILES string of the molecule is CC(C)(C)OC(=O)Nc1nc2c(OC(=O)OC(C)(C)C)ccc(F)c2s1. The predicted molar refractivity (Wildman–Crippen MR) is 96.3 cm³/mol. The van der Waals surface area contributed by atoms with Gasteiger partial charge < -0.3 is 14.2 Å². The minimum atomic E-state index is -0.931. The van der Waals surface area contributed by atoms with Crippen LogP contribution in [-0.4, -0.2) is 28.4 Å². The molecular formula is C17H21FN2O5S. The van der Waals surface area contributed by atoms with Crippen LogP contribution in [0.1, 0.15) is 41.5 Å².